The maximum atomic E-state index is 10.9. The number of allylic oxidation sites excluding steroid dienone is 1. The van der Waals surface area contributed by atoms with Gasteiger partial charge in [0, 0.05) is 37.9 Å². The third-order valence-corrected chi connectivity index (χ3v) is 3.21. The van der Waals surface area contributed by atoms with Crippen molar-refractivity contribution >= 4 is 11.9 Å². The minimum absolute atomic E-state index is 0.339. The lowest BCUT2D eigenvalue weighted by Gasteiger charge is -2.08. The molecule has 0 saturated carbocycles. The summed E-state index contributed by atoms with van der Waals surface area (Å²) in [6.07, 6.45) is 4.82. The molecule has 1 unspecified atom stereocenters. The molecular weight excluding hydrogens is 308 g/mol. The highest BCUT2D eigenvalue weighted by Crippen LogP contribution is 2.24. The van der Waals surface area contributed by atoms with Gasteiger partial charge in [-0.3, -0.25) is 14.5 Å². The molecule has 3 N–H and O–H groups in total. The van der Waals surface area contributed by atoms with E-state index in [1.807, 2.05) is 13.0 Å². The standard InChI is InChI=1S/C15H18N4O2.C2H6O/c1-10(21)8-19-11(2)14(7-18-19)12-3-4-17-15(5-12)13(6-16)9-20;1-3-2/h3-7,9-10,21H,8,16H2,1-2H3;1-2H3/b13-6-;. The van der Waals surface area contributed by atoms with Gasteiger partial charge in [-0.1, -0.05) is 0 Å². The Morgan fingerprint density at radius 3 is 2.71 bits per heavy atom. The van der Waals surface area contributed by atoms with Crippen LogP contribution in [-0.4, -0.2) is 46.5 Å². The van der Waals surface area contributed by atoms with E-state index in [1.165, 1.54) is 6.20 Å². The van der Waals surface area contributed by atoms with E-state index in [1.54, 1.807) is 44.3 Å². The Kier molecular flexibility index (Phi) is 7.81. The van der Waals surface area contributed by atoms with Crippen LogP contribution in [0.1, 0.15) is 18.3 Å². The smallest absolute Gasteiger partial charge is 0.153 e. The summed E-state index contributed by atoms with van der Waals surface area (Å²) in [7, 11) is 3.25. The van der Waals surface area contributed by atoms with E-state index in [-0.39, 0.29) is 0 Å². The molecule has 0 radical (unpaired) electrons. The van der Waals surface area contributed by atoms with E-state index in [2.05, 4.69) is 14.8 Å². The van der Waals surface area contributed by atoms with Crippen molar-refractivity contribution in [3.8, 4) is 11.1 Å². The molecule has 7 nitrogen and oxygen atoms in total. The molecule has 2 rings (SSSR count). The van der Waals surface area contributed by atoms with Crippen LogP contribution < -0.4 is 5.73 Å². The highest BCUT2D eigenvalue weighted by molar-refractivity contribution is 6.06. The van der Waals surface area contributed by atoms with Crippen molar-refractivity contribution in [1.29, 1.82) is 0 Å². The van der Waals surface area contributed by atoms with Crippen LogP contribution in [0.2, 0.25) is 0 Å². The Bertz CT molecular complexity index is 693. The molecule has 0 aliphatic rings. The van der Waals surface area contributed by atoms with Crippen molar-refractivity contribution in [2.24, 2.45) is 5.73 Å². The van der Waals surface area contributed by atoms with Crippen molar-refractivity contribution in [2.45, 2.75) is 26.5 Å². The summed E-state index contributed by atoms with van der Waals surface area (Å²) >= 11 is 0. The van der Waals surface area contributed by atoms with Gasteiger partial charge in [-0.2, -0.15) is 5.10 Å². The fraction of sp³-hybridized carbons (Fsp3) is 0.353. The number of pyridine rings is 1. The molecule has 0 spiro atoms. The van der Waals surface area contributed by atoms with Crippen LogP contribution in [-0.2, 0) is 16.1 Å². The first-order valence-electron chi connectivity index (χ1n) is 7.42. The molecule has 0 fully saturated rings. The van der Waals surface area contributed by atoms with Gasteiger partial charge in [-0.15, -0.1) is 0 Å². The monoisotopic (exact) mass is 332 g/mol. The predicted octanol–water partition coefficient (Wildman–Crippen LogP) is 1.40. The number of methoxy groups -OCH3 is 1. The zero-order chi connectivity index (χ0) is 18.1. The molecule has 2 heterocycles. The molecule has 2 aromatic rings. The number of hydrogen-bond acceptors (Lipinski definition) is 6. The molecule has 0 aliphatic carbocycles. The van der Waals surface area contributed by atoms with Crippen LogP contribution in [0, 0.1) is 6.92 Å². The van der Waals surface area contributed by atoms with Gasteiger partial charge in [0.15, 0.2) is 6.29 Å². The number of nitrogens with zero attached hydrogens (tertiary/aromatic N) is 3. The summed E-state index contributed by atoms with van der Waals surface area (Å²) < 4.78 is 6.00. The van der Waals surface area contributed by atoms with Gasteiger partial charge >= 0.3 is 0 Å². The maximum absolute atomic E-state index is 10.9. The van der Waals surface area contributed by atoms with Crippen molar-refractivity contribution in [3.63, 3.8) is 0 Å². The number of carbonyl (C=O) groups is 1. The zero-order valence-electron chi connectivity index (χ0n) is 14.4. The summed E-state index contributed by atoms with van der Waals surface area (Å²) in [5, 5.41) is 13.7. The third-order valence-electron chi connectivity index (χ3n) is 3.21. The van der Waals surface area contributed by atoms with Gasteiger partial charge in [-0.05, 0) is 31.5 Å². The first-order chi connectivity index (χ1) is 11.5. The summed E-state index contributed by atoms with van der Waals surface area (Å²) in [6.45, 7) is 4.09. The summed E-state index contributed by atoms with van der Waals surface area (Å²) in [5.74, 6) is 0. The second-order valence-corrected chi connectivity index (χ2v) is 5.25. The number of carbonyl (C=O) groups excluding carboxylic acids is 1. The van der Waals surface area contributed by atoms with Gasteiger partial charge in [-0.25, -0.2) is 0 Å². The van der Waals surface area contributed by atoms with E-state index >= 15 is 0 Å². The van der Waals surface area contributed by atoms with Crippen molar-refractivity contribution in [1.82, 2.24) is 14.8 Å². The van der Waals surface area contributed by atoms with E-state index in [4.69, 9.17) is 5.73 Å². The second kappa shape index (κ2) is 9.59. The number of rotatable bonds is 5. The molecular formula is C17H24N4O3. The number of hydrogen-bond donors (Lipinski definition) is 2. The van der Waals surface area contributed by atoms with Crippen LogP contribution in [0.5, 0.6) is 0 Å². The fourth-order valence-electron chi connectivity index (χ4n) is 2.11. The summed E-state index contributed by atoms with van der Waals surface area (Å²) in [4.78, 5) is 15.1. The number of aliphatic hydroxyl groups excluding tert-OH is 1. The zero-order valence-corrected chi connectivity index (χ0v) is 14.4. The Labute approximate surface area is 141 Å². The second-order valence-electron chi connectivity index (χ2n) is 5.25. The van der Waals surface area contributed by atoms with Crippen LogP contribution in [0.3, 0.4) is 0 Å². The molecule has 0 aromatic carbocycles. The first-order valence-corrected chi connectivity index (χ1v) is 7.42. The number of ether oxygens (including phenoxy) is 1. The molecule has 0 saturated heterocycles. The average molecular weight is 332 g/mol. The number of nitrogens with two attached hydrogens (primary N) is 1. The number of aliphatic hydroxyl groups is 1. The van der Waals surface area contributed by atoms with Gasteiger partial charge in [0.1, 0.15) is 0 Å². The quantitative estimate of drug-likeness (QED) is 0.633. The molecule has 0 amide bonds. The molecule has 130 valence electrons. The lowest BCUT2D eigenvalue weighted by Crippen LogP contribution is -2.14. The number of aromatic nitrogens is 3. The Morgan fingerprint density at radius 2 is 2.17 bits per heavy atom. The number of aldehydes is 1. The molecule has 24 heavy (non-hydrogen) atoms. The summed E-state index contributed by atoms with van der Waals surface area (Å²) in [6, 6.07) is 3.64. The highest BCUT2D eigenvalue weighted by Gasteiger charge is 2.11. The largest absolute Gasteiger partial charge is 0.404 e. The van der Waals surface area contributed by atoms with Gasteiger partial charge < -0.3 is 15.6 Å². The van der Waals surface area contributed by atoms with Crippen molar-refractivity contribution in [3.05, 3.63) is 42.1 Å². The predicted molar refractivity (Wildman–Crippen MR) is 93.0 cm³/mol. The Hall–Kier alpha value is -2.51. The summed E-state index contributed by atoms with van der Waals surface area (Å²) in [5.41, 5.74) is 9.05. The van der Waals surface area contributed by atoms with Gasteiger partial charge in [0.05, 0.1) is 30.1 Å². The Balaban J connectivity index is 0.000000891. The van der Waals surface area contributed by atoms with Crippen LogP contribution in [0.4, 0.5) is 0 Å². The molecule has 0 aliphatic heterocycles. The molecule has 0 bridgehead atoms. The van der Waals surface area contributed by atoms with Crippen LogP contribution in [0.25, 0.3) is 16.7 Å². The lowest BCUT2D eigenvalue weighted by molar-refractivity contribution is -0.103. The Morgan fingerprint density at radius 1 is 1.50 bits per heavy atom. The van der Waals surface area contributed by atoms with E-state index < -0.39 is 6.10 Å². The van der Waals surface area contributed by atoms with Crippen molar-refractivity contribution < 1.29 is 14.6 Å². The lowest BCUT2D eigenvalue weighted by atomic mass is 10.1. The SMILES string of the molecule is COC.Cc1c(-c2ccnc(/C(C=O)=C\N)c2)cnn1CC(C)O. The van der Waals surface area contributed by atoms with Gasteiger partial charge in [0.25, 0.3) is 0 Å². The highest BCUT2D eigenvalue weighted by atomic mass is 16.4. The molecule has 7 heteroatoms. The van der Waals surface area contributed by atoms with E-state index in [9.17, 15) is 9.90 Å². The minimum Gasteiger partial charge on any atom is -0.404 e. The average Bonchev–Trinajstić information content (AvgIpc) is 2.90. The first kappa shape index (κ1) is 19.5. The maximum Gasteiger partial charge on any atom is 0.153 e. The van der Waals surface area contributed by atoms with Crippen molar-refractivity contribution in [2.75, 3.05) is 14.2 Å². The van der Waals surface area contributed by atoms with Crippen LogP contribution in [0.15, 0.2) is 30.7 Å². The van der Waals surface area contributed by atoms with Crippen LogP contribution >= 0.6 is 0 Å². The molecule has 1 atom stereocenters. The third kappa shape index (κ3) is 5.00. The normalized spacial score (nSPS) is 12.3. The van der Waals surface area contributed by atoms with E-state index in [0.29, 0.717) is 24.1 Å². The van der Waals surface area contributed by atoms with E-state index in [0.717, 1.165) is 16.8 Å². The molecule has 2 aromatic heterocycles. The minimum atomic E-state index is -0.466. The topological polar surface area (TPSA) is 103 Å². The fourth-order valence-corrected chi connectivity index (χ4v) is 2.11. The van der Waals surface area contributed by atoms with Gasteiger partial charge in [0.2, 0.25) is 0 Å².